The van der Waals surface area contributed by atoms with Crippen LogP contribution < -0.4 is 5.32 Å². The first-order chi connectivity index (χ1) is 12.3. The summed E-state index contributed by atoms with van der Waals surface area (Å²) >= 11 is 0. The summed E-state index contributed by atoms with van der Waals surface area (Å²) in [6.45, 7) is 2.82. The summed E-state index contributed by atoms with van der Waals surface area (Å²) in [5, 5.41) is 3.24. The zero-order valence-electron chi connectivity index (χ0n) is 14.6. The molecule has 3 heteroatoms. The van der Waals surface area contributed by atoms with E-state index < -0.39 is 0 Å². The van der Waals surface area contributed by atoms with E-state index in [0.29, 0.717) is 11.8 Å². The fourth-order valence-electron chi connectivity index (χ4n) is 4.07. The quantitative estimate of drug-likeness (QED) is 0.873. The van der Waals surface area contributed by atoms with E-state index in [9.17, 15) is 4.79 Å². The second-order valence-electron chi connectivity index (χ2n) is 7.31. The van der Waals surface area contributed by atoms with Gasteiger partial charge < -0.3 is 5.32 Å². The van der Waals surface area contributed by atoms with E-state index >= 15 is 0 Å². The van der Waals surface area contributed by atoms with Crippen LogP contribution >= 0.6 is 0 Å². The molecule has 130 valence electrons. The standard InChI is InChI=1S/C22H26N2O/c25-22(23-16-19-15-20(19)17-9-3-1-4-10-17)21(24-13-7-8-14-24)18-11-5-2-6-12-18/h1-6,9-12,19-21H,7-8,13-16H2,(H,23,25). The van der Waals surface area contributed by atoms with Gasteiger partial charge in [-0.05, 0) is 55.3 Å². The normalized spacial score (nSPS) is 24.0. The minimum absolute atomic E-state index is 0.141. The van der Waals surface area contributed by atoms with Crippen LogP contribution in [0.1, 0.15) is 42.3 Å². The third-order valence-corrected chi connectivity index (χ3v) is 5.56. The number of hydrogen-bond donors (Lipinski definition) is 1. The number of amides is 1. The van der Waals surface area contributed by atoms with Gasteiger partial charge in [-0.1, -0.05) is 60.7 Å². The fourth-order valence-corrected chi connectivity index (χ4v) is 4.07. The van der Waals surface area contributed by atoms with Crippen molar-refractivity contribution in [3.8, 4) is 0 Å². The lowest BCUT2D eigenvalue weighted by atomic mass is 10.0. The number of hydrogen-bond acceptors (Lipinski definition) is 2. The van der Waals surface area contributed by atoms with Crippen molar-refractivity contribution in [2.75, 3.05) is 19.6 Å². The van der Waals surface area contributed by atoms with E-state index in [1.54, 1.807) is 0 Å². The summed E-state index contributed by atoms with van der Waals surface area (Å²) in [6.07, 6.45) is 3.56. The van der Waals surface area contributed by atoms with E-state index in [-0.39, 0.29) is 11.9 Å². The number of likely N-dealkylation sites (tertiary alicyclic amines) is 1. The molecule has 1 heterocycles. The summed E-state index contributed by atoms with van der Waals surface area (Å²) in [7, 11) is 0. The van der Waals surface area contributed by atoms with E-state index in [0.717, 1.165) is 25.2 Å². The highest BCUT2D eigenvalue weighted by atomic mass is 16.2. The molecule has 3 nitrogen and oxygen atoms in total. The third kappa shape index (κ3) is 3.77. The number of carbonyl (C=O) groups excluding carboxylic acids is 1. The molecule has 2 aromatic carbocycles. The number of nitrogens with zero attached hydrogens (tertiary/aromatic N) is 1. The Kier molecular flexibility index (Phi) is 4.84. The van der Waals surface area contributed by atoms with Crippen molar-refractivity contribution < 1.29 is 4.79 Å². The zero-order valence-corrected chi connectivity index (χ0v) is 14.6. The Morgan fingerprint density at radius 3 is 2.32 bits per heavy atom. The molecular weight excluding hydrogens is 308 g/mol. The monoisotopic (exact) mass is 334 g/mol. The number of carbonyl (C=O) groups is 1. The van der Waals surface area contributed by atoms with Gasteiger partial charge >= 0.3 is 0 Å². The van der Waals surface area contributed by atoms with Gasteiger partial charge in [0.05, 0.1) is 0 Å². The lowest BCUT2D eigenvalue weighted by Gasteiger charge is -2.27. The highest BCUT2D eigenvalue weighted by Gasteiger charge is 2.39. The molecule has 1 saturated heterocycles. The molecule has 0 aromatic heterocycles. The van der Waals surface area contributed by atoms with Crippen LogP contribution in [0, 0.1) is 5.92 Å². The summed E-state index contributed by atoms with van der Waals surface area (Å²) < 4.78 is 0. The van der Waals surface area contributed by atoms with Crippen LogP contribution in [0.3, 0.4) is 0 Å². The van der Waals surface area contributed by atoms with Crippen LogP contribution in [0.25, 0.3) is 0 Å². The molecule has 2 fully saturated rings. The zero-order chi connectivity index (χ0) is 17.1. The van der Waals surface area contributed by atoms with Gasteiger partial charge in [-0.25, -0.2) is 0 Å². The van der Waals surface area contributed by atoms with Gasteiger partial charge in [0, 0.05) is 6.54 Å². The van der Waals surface area contributed by atoms with Crippen LogP contribution in [0.4, 0.5) is 0 Å². The summed E-state index contributed by atoms with van der Waals surface area (Å²) in [6, 6.07) is 20.7. The van der Waals surface area contributed by atoms with Gasteiger partial charge in [0.25, 0.3) is 0 Å². The molecular formula is C22H26N2O. The Bertz CT molecular complexity index is 694. The van der Waals surface area contributed by atoms with E-state index in [2.05, 4.69) is 52.7 Å². The van der Waals surface area contributed by atoms with Gasteiger partial charge in [0.2, 0.25) is 5.91 Å². The van der Waals surface area contributed by atoms with Crippen LogP contribution in [0.15, 0.2) is 60.7 Å². The molecule has 0 radical (unpaired) electrons. The van der Waals surface area contributed by atoms with Crippen molar-refractivity contribution >= 4 is 5.91 Å². The fraction of sp³-hybridized carbons (Fsp3) is 0.409. The SMILES string of the molecule is O=C(NCC1CC1c1ccccc1)C(c1ccccc1)N1CCCC1. The molecule has 2 aliphatic rings. The highest BCUT2D eigenvalue weighted by molar-refractivity contribution is 5.83. The molecule has 3 unspecified atom stereocenters. The average molecular weight is 334 g/mol. The summed E-state index contributed by atoms with van der Waals surface area (Å²) in [4.78, 5) is 15.3. The van der Waals surface area contributed by atoms with Gasteiger partial charge in [0.1, 0.15) is 6.04 Å². The maximum absolute atomic E-state index is 13.0. The minimum Gasteiger partial charge on any atom is -0.354 e. The molecule has 0 bridgehead atoms. The lowest BCUT2D eigenvalue weighted by molar-refractivity contribution is -0.126. The van der Waals surface area contributed by atoms with Crippen molar-refractivity contribution in [1.29, 1.82) is 0 Å². The summed E-state index contributed by atoms with van der Waals surface area (Å²) in [5.41, 5.74) is 2.51. The second kappa shape index (κ2) is 7.40. The average Bonchev–Trinajstić information content (AvgIpc) is 3.26. The predicted octanol–water partition coefficient (Wildman–Crippen LogP) is 3.74. The number of nitrogens with one attached hydrogen (secondary N) is 1. The molecule has 1 aliphatic heterocycles. The molecule has 1 saturated carbocycles. The third-order valence-electron chi connectivity index (χ3n) is 5.56. The first-order valence-corrected chi connectivity index (χ1v) is 9.44. The van der Waals surface area contributed by atoms with Crippen LogP contribution in [0.2, 0.25) is 0 Å². The van der Waals surface area contributed by atoms with E-state index in [1.807, 2.05) is 18.2 Å². The lowest BCUT2D eigenvalue weighted by Crippen LogP contribution is -2.40. The second-order valence-corrected chi connectivity index (χ2v) is 7.31. The molecule has 3 atom stereocenters. The maximum Gasteiger partial charge on any atom is 0.241 e. The topological polar surface area (TPSA) is 32.3 Å². The molecule has 2 aromatic rings. The van der Waals surface area contributed by atoms with Gasteiger partial charge in [-0.2, -0.15) is 0 Å². The van der Waals surface area contributed by atoms with Gasteiger partial charge in [-0.3, -0.25) is 9.69 Å². The summed E-state index contributed by atoms with van der Waals surface area (Å²) in [5.74, 6) is 1.36. The molecule has 4 rings (SSSR count). The molecule has 0 spiro atoms. The first kappa shape index (κ1) is 16.3. The van der Waals surface area contributed by atoms with E-state index in [1.165, 1.54) is 24.8 Å². The highest BCUT2D eigenvalue weighted by Crippen LogP contribution is 2.46. The Morgan fingerprint density at radius 2 is 1.64 bits per heavy atom. The molecule has 1 aliphatic carbocycles. The van der Waals surface area contributed by atoms with Crippen LogP contribution in [-0.4, -0.2) is 30.4 Å². The Hall–Kier alpha value is -2.13. The minimum atomic E-state index is -0.141. The van der Waals surface area contributed by atoms with E-state index in [4.69, 9.17) is 0 Å². The smallest absolute Gasteiger partial charge is 0.241 e. The van der Waals surface area contributed by atoms with Crippen LogP contribution in [-0.2, 0) is 4.79 Å². The van der Waals surface area contributed by atoms with Gasteiger partial charge in [-0.15, -0.1) is 0 Å². The number of benzene rings is 2. The Balaban J connectivity index is 1.38. The number of rotatable bonds is 6. The van der Waals surface area contributed by atoms with Crippen molar-refractivity contribution in [1.82, 2.24) is 10.2 Å². The van der Waals surface area contributed by atoms with Crippen molar-refractivity contribution in [2.45, 2.75) is 31.2 Å². The molecule has 1 amide bonds. The Morgan fingerprint density at radius 1 is 1.00 bits per heavy atom. The Labute approximate surface area is 150 Å². The maximum atomic E-state index is 13.0. The molecule has 25 heavy (non-hydrogen) atoms. The first-order valence-electron chi connectivity index (χ1n) is 9.44. The van der Waals surface area contributed by atoms with Crippen molar-refractivity contribution in [3.05, 3.63) is 71.8 Å². The van der Waals surface area contributed by atoms with Crippen molar-refractivity contribution in [2.24, 2.45) is 5.92 Å². The van der Waals surface area contributed by atoms with Crippen molar-refractivity contribution in [3.63, 3.8) is 0 Å². The van der Waals surface area contributed by atoms with Gasteiger partial charge in [0.15, 0.2) is 0 Å². The van der Waals surface area contributed by atoms with Crippen LogP contribution in [0.5, 0.6) is 0 Å². The predicted molar refractivity (Wildman–Crippen MR) is 100 cm³/mol. The molecule has 1 N–H and O–H groups in total. The largest absolute Gasteiger partial charge is 0.354 e.